The molecular formula is C21H44IN5O2. The van der Waals surface area contributed by atoms with E-state index in [1.165, 1.54) is 19.3 Å². The molecule has 0 aromatic rings. The number of nitrogens with one attached hydrogen (secondary N) is 2. The number of likely N-dealkylation sites (tertiary alicyclic amines) is 1. The van der Waals surface area contributed by atoms with Crippen LogP contribution in [0.1, 0.15) is 52.4 Å². The summed E-state index contributed by atoms with van der Waals surface area (Å²) in [5, 5.41) is 7.07. The first-order valence-electron chi connectivity index (χ1n) is 11.0. The summed E-state index contributed by atoms with van der Waals surface area (Å²) in [6.45, 7) is 9.49. The van der Waals surface area contributed by atoms with Gasteiger partial charge in [-0.1, -0.05) is 33.1 Å². The highest BCUT2D eigenvalue weighted by atomic mass is 127. The van der Waals surface area contributed by atoms with E-state index >= 15 is 0 Å². The van der Waals surface area contributed by atoms with Gasteiger partial charge in [-0.2, -0.15) is 0 Å². The van der Waals surface area contributed by atoms with E-state index in [2.05, 4.69) is 34.4 Å². The number of aliphatic imine (C=N–C) groups is 1. The molecule has 29 heavy (non-hydrogen) atoms. The number of carbonyl (C=O) groups excluding carboxylic acids is 1. The van der Waals surface area contributed by atoms with E-state index in [-0.39, 0.29) is 36.4 Å². The number of carbonyl (C=O) groups is 1. The molecule has 1 rings (SSSR count). The molecule has 1 aliphatic heterocycles. The highest BCUT2D eigenvalue weighted by Crippen LogP contribution is 2.12. The lowest BCUT2D eigenvalue weighted by molar-refractivity contribution is -0.127. The number of likely N-dealkylation sites (N-methyl/N-ethyl adjacent to an activating group) is 1. The minimum absolute atomic E-state index is 0. The van der Waals surface area contributed by atoms with Gasteiger partial charge in [0.2, 0.25) is 5.91 Å². The van der Waals surface area contributed by atoms with Crippen LogP contribution in [0.25, 0.3) is 0 Å². The lowest BCUT2D eigenvalue weighted by Crippen LogP contribution is -2.50. The molecule has 0 aromatic heterocycles. The Labute approximate surface area is 195 Å². The van der Waals surface area contributed by atoms with Crippen molar-refractivity contribution in [3.05, 3.63) is 0 Å². The number of methoxy groups -OCH3 is 1. The van der Waals surface area contributed by atoms with Crippen LogP contribution in [0.5, 0.6) is 0 Å². The SMILES string of the molecule is CCCCC(CC)CNC(=NCC(=O)N(C)C)NC1CCN(CCOC)CC1.I. The fourth-order valence-corrected chi connectivity index (χ4v) is 3.34. The molecule has 1 atom stereocenters. The predicted octanol–water partition coefficient (Wildman–Crippen LogP) is 2.56. The maximum absolute atomic E-state index is 12.0. The molecule has 0 aromatic carbocycles. The zero-order chi connectivity index (χ0) is 20.8. The third kappa shape index (κ3) is 12.6. The Morgan fingerprint density at radius 1 is 1.28 bits per heavy atom. The van der Waals surface area contributed by atoms with E-state index in [9.17, 15) is 4.79 Å². The summed E-state index contributed by atoms with van der Waals surface area (Å²) >= 11 is 0. The van der Waals surface area contributed by atoms with Gasteiger partial charge in [-0.25, -0.2) is 4.99 Å². The van der Waals surface area contributed by atoms with Crippen molar-refractivity contribution >= 4 is 35.8 Å². The number of guanidine groups is 1. The summed E-state index contributed by atoms with van der Waals surface area (Å²) in [5.74, 6) is 1.45. The zero-order valence-electron chi connectivity index (χ0n) is 19.2. The Morgan fingerprint density at radius 3 is 2.52 bits per heavy atom. The third-order valence-electron chi connectivity index (χ3n) is 5.51. The minimum Gasteiger partial charge on any atom is -0.383 e. The standard InChI is InChI=1S/C21H43N5O2.HI/c1-6-8-9-18(7-2)16-22-21(23-17-20(27)25(3)4)24-19-10-12-26(13-11-19)14-15-28-5;/h18-19H,6-17H2,1-5H3,(H2,22,23,24);1H. The fourth-order valence-electron chi connectivity index (χ4n) is 3.34. The van der Waals surface area contributed by atoms with Gasteiger partial charge in [0.25, 0.3) is 0 Å². The van der Waals surface area contributed by atoms with Crippen molar-refractivity contribution in [3.63, 3.8) is 0 Å². The predicted molar refractivity (Wildman–Crippen MR) is 132 cm³/mol. The average molecular weight is 526 g/mol. The van der Waals surface area contributed by atoms with Gasteiger partial charge in [0.05, 0.1) is 6.61 Å². The van der Waals surface area contributed by atoms with E-state index in [0.717, 1.165) is 58.0 Å². The number of hydrogen-bond acceptors (Lipinski definition) is 4. The van der Waals surface area contributed by atoms with Gasteiger partial charge in [0, 0.05) is 53.4 Å². The monoisotopic (exact) mass is 525 g/mol. The van der Waals surface area contributed by atoms with Crippen LogP contribution >= 0.6 is 24.0 Å². The molecule has 172 valence electrons. The van der Waals surface area contributed by atoms with Gasteiger partial charge in [-0.3, -0.25) is 4.79 Å². The summed E-state index contributed by atoms with van der Waals surface area (Å²) < 4.78 is 5.18. The van der Waals surface area contributed by atoms with E-state index < -0.39 is 0 Å². The number of piperidine rings is 1. The Hall–Kier alpha value is -0.610. The highest BCUT2D eigenvalue weighted by molar-refractivity contribution is 14.0. The molecule has 0 spiro atoms. The molecule has 1 fully saturated rings. The maximum atomic E-state index is 12.0. The lowest BCUT2D eigenvalue weighted by Gasteiger charge is -2.33. The van der Waals surface area contributed by atoms with Crippen LogP contribution in [0.15, 0.2) is 4.99 Å². The summed E-state index contributed by atoms with van der Waals surface area (Å²) in [5.41, 5.74) is 0. The molecule has 2 N–H and O–H groups in total. The Morgan fingerprint density at radius 2 is 1.97 bits per heavy atom. The third-order valence-corrected chi connectivity index (χ3v) is 5.51. The number of hydrogen-bond donors (Lipinski definition) is 2. The quantitative estimate of drug-likeness (QED) is 0.233. The largest absolute Gasteiger partial charge is 0.383 e. The first-order chi connectivity index (χ1) is 13.5. The summed E-state index contributed by atoms with van der Waals surface area (Å²) in [6, 6.07) is 0.398. The van der Waals surface area contributed by atoms with Crippen molar-refractivity contribution < 1.29 is 9.53 Å². The van der Waals surface area contributed by atoms with Crippen LogP contribution in [0.3, 0.4) is 0 Å². The molecule has 1 saturated heterocycles. The highest BCUT2D eigenvalue weighted by Gasteiger charge is 2.20. The molecule has 0 bridgehead atoms. The number of halogens is 1. The van der Waals surface area contributed by atoms with Crippen LogP contribution in [-0.4, -0.2) is 88.2 Å². The van der Waals surface area contributed by atoms with Crippen molar-refractivity contribution in [1.29, 1.82) is 0 Å². The first kappa shape index (κ1) is 28.4. The van der Waals surface area contributed by atoms with Gasteiger partial charge in [0.1, 0.15) is 6.54 Å². The summed E-state index contributed by atoms with van der Waals surface area (Å²) in [7, 11) is 5.29. The maximum Gasteiger partial charge on any atom is 0.243 e. The normalized spacial score (nSPS) is 16.8. The lowest BCUT2D eigenvalue weighted by atomic mass is 9.99. The van der Waals surface area contributed by atoms with Crippen molar-refractivity contribution in [2.45, 2.75) is 58.4 Å². The molecule has 1 amide bonds. The molecule has 1 heterocycles. The smallest absolute Gasteiger partial charge is 0.243 e. The number of unbranched alkanes of at least 4 members (excludes halogenated alkanes) is 1. The minimum atomic E-state index is 0. The van der Waals surface area contributed by atoms with E-state index in [4.69, 9.17) is 4.74 Å². The van der Waals surface area contributed by atoms with E-state index in [0.29, 0.717) is 12.0 Å². The van der Waals surface area contributed by atoms with Crippen molar-refractivity contribution in [1.82, 2.24) is 20.4 Å². The second-order valence-electron chi connectivity index (χ2n) is 8.00. The molecule has 0 radical (unpaired) electrons. The molecular weight excluding hydrogens is 481 g/mol. The first-order valence-corrected chi connectivity index (χ1v) is 11.0. The second-order valence-corrected chi connectivity index (χ2v) is 8.00. The summed E-state index contributed by atoms with van der Waals surface area (Å²) in [4.78, 5) is 20.6. The van der Waals surface area contributed by atoms with Crippen molar-refractivity contribution in [2.75, 3.05) is 60.5 Å². The Balaban J connectivity index is 0.00000784. The second kappa shape index (κ2) is 17.1. The van der Waals surface area contributed by atoms with Gasteiger partial charge in [-0.05, 0) is 25.2 Å². The Bertz CT molecular complexity index is 454. The van der Waals surface area contributed by atoms with E-state index in [1.54, 1.807) is 26.1 Å². The topological polar surface area (TPSA) is 69.2 Å². The van der Waals surface area contributed by atoms with Crippen molar-refractivity contribution in [3.8, 4) is 0 Å². The zero-order valence-corrected chi connectivity index (χ0v) is 21.5. The molecule has 1 unspecified atom stereocenters. The molecule has 7 nitrogen and oxygen atoms in total. The Kier molecular flexibility index (Phi) is 16.7. The number of ether oxygens (including phenoxy) is 1. The fraction of sp³-hybridized carbons (Fsp3) is 0.905. The number of nitrogens with zero attached hydrogens (tertiary/aromatic N) is 3. The van der Waals surface area contributed by atoms with Crippen LogP contribution in [0.2, 0.25) is 0 Å². The van der Waals surface area contributed by atoms with Gasteiger partial charge in [0.15, 0.2) is 5.96 Å². The number of rotatable bonds is 12. The number of amides is 1. The van der Waals surface area contributed by atoms with Crippen molar-refractivity contribution in [2.24, 2.45) is 10.9 Å². The summed E-state index contributed by atoms with van der Waals surface area (Å²) in [6.07, 6.45) is 7.06. The van der Waals surface area contributed by atoms with Gasteiger partial charge < -0.3 is 25.2 Å². The van der Waals surface area contributed by atoms with E-state index in [1.807, 2.05) is 0 Å². The molecule has 0 aliphatic carbocycles. The molecule has 1 aliphatic rings. The van der Waals surface area contributed by atoms with Gasteiger partial charge >= 0.3 is 0 Å². The van der Waals surface area contributed by atoms with Crippen LogP contribution in [-0.2, 0) is 9.53 Å². The molecule has 0 saturated carbocycles. The van der Waals surface area contributed by atoms with Gasteiger partial charge in [-0.15, -0.1) is 24.0 Å². The van der Waals surface area contributed by atoms with Crippen LogP contribution < -0.4 is 10.6 Å². The molecule has 8 heteroatoms. The van der Waals surface area contributed by atoms with Crippen LogP contribution in [0.4, 0.5) is 0 Å². The van der Waals surface area contributed by atoms with Crippen LogP contribution in [0, 0.1) is 5.92 Å². The average Bonchev–Trinajstić information content (AvgIpc) is 2.70.